The van der Waals surface area contributed by atoms with Crippen molar-refractivity contribution < 1.29 is 4.39 Å². The Hall–Kier alpha value is -2.81. The first-order chi connectivity index (χ1) is 11.6. The van der Waals surface area contributed by atoms with Crippen LogP contribution >= 0.6 is 0 Å². The number of nitrogens with zero attached hydrogens (tertiary/aromatic N) is 1. The van der Waals surface area contributed by atoms with E-state index in [4.69, 9.17) is 0 Å². The summed E-state index contributed by atoms with van der Waals surface area (Å²) in [6, 6.07) is 24.2. The Morgan fingerprint density at radius 2 is 1.79 bits per heavy atom. The molecule has 2 nitrogen and oxygen atoms in total. The molecular weight excluding hydrogens is 299 g/mol. The third kappa shape index (κ3) is 3.93. The van der Waals surface area contributed by atoms with Crippen LogP contribution in [0, 0.1) is 11.9 Å². The molecule has 1 radical (unpaired) electrons. The summed E-state index contributed by atoms with van der Waals surface area (Å²) in [4.78, 5) is 2.08. The lowest BCUT2D eigenvalue weighted by atomic mass is 10.0. The van der Waals surface area contributed by atoms with Gasteiger partial charge in [0.1, 0.15) is 5.82 Å². The molecule has 3 aromatic rings. The number of nitrogens with one attached hydrogen (secondary N) is 1. The highest BCUT2D eigenvalue weighted by Crippen LogP contribution is 2.23. The summed E-state index contributed by atoms with van der Waals surface area (Å²) >= 11 is 0. The first-order valence-electron chi connectivity index (χ1n) is 7.89. The third-order valence-electron chi connectivity index (χ3n) is 3.88. The second kappa shape index (κ2) is 7.18. The van der Waals surface area contributed by atoms with E-state index >= 15 is 0 Å². The van der Waals surface area contributed by atoms with Gasteiger partial charge in [0.25, 0.3) is 0 Å². The normalized spacial score (nSPS) is 10.5. The second-order valence-corrected chi connectivity index (χ2v) is 5.92. The maximum absolute atomic E-state index is 13.2. The highest BCUT2D eigenvalue weighted by atomic mass is 19.1. The molecule has 0 aliphatic carbocycles. The zero-order valence-corrected chi connectivity index (χ0v) is 13.9. The zero-order valence-electron chi connectivity index (χ0n) is 13.9. The highest BCUT2D eigenvalue weighted by Gasteiger charge is 2.02. The molecule has 0 bridgehead atoms. The largest absolute Gasteiger partial charge is 0.381 e. The van der Waals surface area contributed by atoms with Crippen LogP contribution in [0.3, 0.4) is 0 Å². The van der Waals surface area contributed by atoms with Crippen molar-refractivity contribution >= 4 is 11.4 Å². The predicted octanol–water partition coefficient (Wildman–Crippen LogP) is 4.97. The van der Waals surface area contributed by atoms with Crippen molar-refractivity contribution in [3.63, 3.8) is 0 Å². The molecule has 24 heavy (non-hydrogen) atoms. The minimum atomic E-state index is -0.233. The number of halogens is 1. The molecular formula is C21H20FN2. The fraction of sp³-hybridized carbons (Fsp3) is 0.143. The van der Waals surface area contributed by atoms with E-state index in [1.807, 2.05) is 32.3 Å². The van der Waals surface area contributed by atoms with Crippen molar-refractivity contribution in [2.45, 2.75) is 6.54 Å². The van der Waals surface area contributed by atoms with Crippen molar-refractivity contribution in [1.82, 2.24) is 0 Å². The molecule has 121 valence electrons. The van der Waals surface area contributed by atoms with E-state index in [0.717, 1.165) is 22.4 Å². The second-order valence-electron chi connectivity index (χ2n) is 5.92. The standard InChI is InChI=1S/C21H20FN2/c1-24(2)21-11-9-17(10-12-21)18-6-3-5-16(13-18)15-23-20-8-4-7-19(22)14-20/h3-5,7-14,23H,15H2,1-2H3. The van der Waals surface area contributed by atoms with Gasteiger partial charge in [-0.15, -0.1) is 0 Å². The van der Waals surface area contributed by atoms with E-state index in [9.17, 15) is 4.39 Å². The zero-order chi connectivity index (χ0) is 16.9. The van der Waals surface area contributed by atoms with E-state index < -0.39 is 0 Å². The van der Waals surface area contributed by atoms with Crippen LogP contribution in [0.5, 0.6) is 0 Å². The fourth-order valence-electron chi connectivity index (χ4n) is 2.53. The molecule has 0 saturated heterocycles. The van der Waals surface area contributed by atoms with E-state index in [1.165, 1.54) is 17.8 Å². The van der Waals surface area contributed by atoms with E-state index in [-0.39, 0.29) is 5.82 Å². The number of anilines is 2. The van der Waals surface area contributed by atoms with Gasteiger partial charge in [-0.3, -0.25) is 0 Å². The van der Waals surface area contributed by atoms with Gasteiger partial charge in [0.2, 0.25) is 0 Å². The first-order valence-corrected chi connectivity index (χ1v) is 7.89. The van der Waals surface area contributed by atoms with Crippen molar-refractivity contribution in [2.24, 2.45) is 0 Å². The molecule has 0 saturated carbocycles. The van der Waals surface area contributed by atoms with Crippen LogP contribution in [0.25, 0.3) is 11.1 Å². The Morgan fingerprint density at radius 1 is 1.00 bits per heavy atom. The lowest BCUT2D eigenvalue weighted by molar-refractivity contribution is 0.628. The van der Waals surface area contributed by atoms with Crippen molar-refractivity contribution in [2.75, 3.05) is 24.3 Å². The van der Waals surface area contributed by atoms with Crippen molar-refractivity contribution in [3.8, 4) is 11.1 Å². The molecule has 0 aliphatic heterocycles. The summed E-state index contributed by atoms with van der Waals surface area (Å²) in [6.07, 6.45) is 0. The Balaban J connectivity index is 1.74. The quantitative estimate of drug-likeness (QED) is 0.714. The molecule has 0 amide bonds. The molecule has 3 aromatic carbocycles. The summed E-state index contributed by atoms with van der Waals surface area (Å²) in [5.74, 6) is -0.233. The number of hydrogen-bond donors (Lipinski definition) is 1. The van der Waals surface area contributed by atoms with Gasteiger partial charge in [-0.25, -0.2) is 4.39 Å². The fourth-order valence-corrected chi connectivity index (χ4v) is 2.53. The molecule has 0 heterocycles. The Bertz CT molecular complexity index is 810. The Labute approximate surface area is 142 Å². The smallest absolute Gasteiger partial charge is 0.125 e. The molecule has 0 unspecified atom stereocenters. The van der Waals surface area contributed by atoms with Gasteiger partial charge < -0.3 is 10.2 Å². The van der Waals surface area contributed by atoms with Gasteiger partial charge in [0.05, 0.1) is 0 Å². The number of benzene rings is 3. The number of hydrogen-bond acceptors (Lipinski definition) is 2. The first kappa shape index (κ1) is 16.1. The molecule has 3 rings (SSSR count). The van der Waals surface area contributed by atoms with E-state index in [1.54, 1.807) is 6.07 Å². The van der Waals surface area contributed by atoms with Gasteiger partial charge in [-0.2, -0.15) is 0 Å². The summed E-state index contributed by atoms with van der Waals surface area (Å²) in [5, 5.41) is 3.24. The summed E-state index contributed by atoms with van der Waals surface area (Å²) < 4.78 is 13.2. The van der Waals surface area contributed by atoms with Crippen molar-refractivity contribution in [3.05, 3.63) is 84.2 Å². The van der Waals surface area contributed by atoms with Gasteiger partial charge >= 0.3 is 0 Å². The van der Waals surface area contributed by atoms with Crippen LogP contribution in [0.2, 0.25) is 0 Å². The van der Waals surface area contributed by atoms with Gasteiger partial charge in [-0.05, 0) is 59.2 Å². The predicted molar refractivity (Wildman–Crippen MR) is 98.8 cm³/mol. The average molecular weight is 319 g/mol. The molecule has 0 spiro atoms. The van der Waals surface area contributed by atoms with E-state index in [0.29, 0.717) is 6.54 Å². The molecule has 0 aromatic heterocycles. The minimum absolute atomic E-state index is 0.233. The maximum atomic E-state index is 13.2. The van der Waals surface area contributed by atoms with Gasteiger partial charge in [0, 0.05) is 32.0 Å². The Kier molecular flexibility index (Phi) is 4.80. The molecule has 0 atom stereocenters. The lowest BCUT2D eigenvalue weighted by Crippen LogP contribution is -2.07. The van der Waals surface area contributed by atoms with E-state index in [2.05, 4.69) is 46.6 Å². The SMILES string of the molecule is CN(C)c1ccc(-c2[c]ccc(CNc3cccc(F)c3)c2)cc1. The monoisotopic (exact) mass is 319 g/mol. The third-order valence-corrected chi connectivity index (χ3v) is 3.88. The minimum Gasteiger partial charge on any atom is -0.381 e. The van der Waals surface area contributed by atoms with Crippen LogP contribution in [-0.2, 0) is 6.54 Å². The topological polar surface area (TPSA) is 15.3 Å². The average Bonchev–Trinajstić information content (AvgIpc) is 2.60. The maximum Gasteiger partial charge on any atom is 0.125 e. The number of rotatable bonds is 5. The highest BCUT2D eigenvalue weighted by molar-refractivity contribution is 5.66. The molecule has 0 aliphatic rings. The van der Waals surface area contributed by atoms with Crippen LogP contribution in [0.1, 0.15) is 5.56 Å². The summed E-state index contributed by atoms with van der Waals surface area (Å²) in [6.45, 7) is 0.640. The Morgan fingerprint density at radius 3 is 2.50 bits per heavy atom. The van der Waals surface area contributed by atoms with Crippen LogP contribution in [0.15, 0.2) is 66.7 Å². The van der Waals surface area contributed by atoms with Crippen LogP contribution in [0.4, 0.5) is 15.8 Å². The van der Waals surface area contributed by atoms with Gasteiger partial charge in [0.15, 0.2) is 0 Å². The van der Waals surface area contributed by atoms with Gasteiger partial charge in [-0.1, -0.05) is 30.3 Å². The summed E-state index contributed by atoms with van der Waals surface area (Å²) in [7, 11) is 4.06. The molecule has 1 N–H and O–H groups in total. The lowest BCUT2D eigenvalue weighted by Gasteiger charge is -2.13. The van der Waals surface area contributed by atoms with Crippen LogP contribution < -0.4 is 10.2 Å². The molecule has 3 heteroatoms. The summed E-state index contributed by atoms with van der Waals surface area (Å²) in [5.41, 5.74) is 5.26. The van der Waals surface area contributed by atoms with Crippen molar-refractivity contribution in [1.29, 1.82) is 0 Å². The van der Waals surface area contributed by atoms with Crippen LogP contribution in [-0.4, -0.2) is 14.1 Å². The molecule has 0 fully saturated rings.